The molecule has 0 unspecified atom stereocenters. The fourth-order valence-corrected chi connectivity index (χ4v) is 2.45. The Bertz CT molecular complexity index is 731. The summed E-state index contributed by atoms with van der Waals surface area (Å²) < 4.78 is 5.77. The van der Waals surface area contributed by atoms with E-state index in [4.69, 9.17) is 4.42 Å². The molecule has 2 aromatic heterocycles. The van der Waals surface area contributed by atoms with Crippen LogP contribution in [0, 0.1) is 13.8 Å². The minimum atomic E-state index is 0.765. The Morgan fingerprint density at radius 3 is 2.70 bits per heavy atom. The number of hydrogen-bond acceptors (Lipinski definition) is 3. The SMILES string of the molecule is Cc1cccc(CNCc2c(C)oc3ccccc23)n1. The summed E-state index contributed by atoms with van der Waals surface area (Å²) in [6.45, 7) is 5.58. The van der Waals surface area contributed by atoms with Gasteiger partial charge < -0.3 is 9.73 Å². The molecule has 0 aliphatic rings. The molecule has 3 rings (SSSR count). The van der Waals surface area contributed by atoms with E-state index < -0.39 is 0 Å². The zero-order chi connectivity index (χ0) is 13.9. The first-order valence-electron chi connectivity index (χ1n) is 6.84. The van der Waals surface area contributed by atoms with Crippen molar-refractivity contribution in [3.63, 3.8) is 0 Å². The summed E-state index contributed by atoms with van der Waals surface area (Å²) in [5.74, 6) is 0.982. The molecule has 0 saturated heterocycles. The predicted octanol–water partition coefficient (Wildman–Crippen LogP) is 3.73. The number of fused-ring (bicyclic) bond motifs is 1. The molecule has 0 radical (unpaired) electrons. The maximum atomic E-state index is 5.77. The smallest absolute Gasteiger partial charge is 0.134 e. The Labute approximate surface area is 118 Å². The summed E-state index contributed by atoms with van der Waals surface area (Å²) in [7, 11) is 0. The molecule has 0 atom stereocenters. The van der Waals surface area contributed by atoms with Crippen molar-refractivity contribution in [1.29, 1.82) is 0 Å². The van der Waals surface area contributed by atoms with Gasteiger partial charge in [0.15, 0.2) is 0 Å². The fourth-order valence-electron chi connectivity index (χ4n) is 2.45. The maximum Gasteiger partial charge on any atom is 0.134 e. The van der Waals surface area contributed by atoms with Crippen LogP contribution in [0.1, 0.15) is 22.7 Å². The standard InChI is InChI=1S/C17H18N2O/c1-12-6-5-7-14(19-12)10-18-11-16-13(2)20-17-9-4-3-8-15(16)17/h3-9,18H,10-11H2,1-2H3. The zero-order valence-corrected chi connectivity index (χ0v) is 11.8. The Morgan fingerprint density at radius 2 is 1.85 bits per heavy atom. The van der Waals surface area contributed by atoms with Crippen LogP contribution in [-0.2, 0) is 13.1 Å². The third-order valence-corrected chi connectivity index (χ3v) is 3.45. The molecular weight excluding hydrogens is 248 g/mol. The highest BCUT2D eigenvalue weighted by Gasteiger charge is 2.09. The Hall–Kier alpha value is -2.13. The number of nitrogens with zero attached hydrogens (tertiary/aromatic N) is 1. The molecule has 0 amide bonds. The Balaban J connectivity index is 1.73. The summed E-state index contributed by atoms with van der Waals surface area (Å²) in [6, 6.07) is 14.2. The molecule has 1 aromatic carbocycles. The number of para-hydroxylation sites is 1. The lowest BCUT2D eigenvalue weighted by molar-refractivity contribution is 0.564. The van der Waals surface area contributed by atoms with Crippen LogP contribution < -0.4 is 5.32 Å². The van der Waals surface area contributed by atoms with Gasteiger partial charge >= 0.3 is 0 Å². The van der Waals surface area contributed by atoms with Gasteiger partial charge in [-0.15, -0.1) is 0 Å². The van der Waals surface area contributed by atoms with Gasteiger partial charge in [0.25, 0.3) is 0 Å². The van der Waals surface area contributed by atoms with Crippen molar-refractivity contribution in [2.45, 2.75) is 26.9 Å². The molecule has 0 aliphatic heterocycles. The highest BCUT2D eigenvalue weighted by Crippen LogP contribution is 2.24. The van der Waals surface area contributed by atoms with Gasteiger partial charge in [-0.1, -0.05) is 24.3 Å². The summed E-state index contributed by atoms with van der Waals surface area (Å²) in [4.78, 5) is 4.49. The molecule has 0 spiro atoms. The number of pyridine rings is 1. The fraction of sp³-hybridized carbons (Fsp3) is 0.235. The van der Waals surface area contributed by atoms with E-state index in [1.165, 1.54) is 10.9 Å². The van der Waals surface area contributed by atoms with Crippen molar-refractivity contribution in [3.05, 3.63) is 65.2 Å². The monoisotopic (exact) mass is 266 g/mol. The minimum absolute atomic E-state index is 0.765. The van der Waals surface area contributed by atoms with Crippen LogP contribution in [-0.4, -0.2) is 4.98 Å². The molecule has 102 valence electrons. The molecule has 0 bridgehead atoms. The Kier molecular flexibility index (Phi) is 3.52. The first-order chi connectivity index (χ1) is 9.74. The average molecular weight is 266 g/mol. The van der Waals surface area contributed by atoms with Crippen LogP contribution in [0.4, 0.5) is 0 Å². The second-order valence-corrected chi connectivity index (χ2v) is 5.01. The quantitative estimate of drug-likeness (QED) is 0.782. The van der Waals surface area contributed by atoms with Crippen molar-refractivity contribution in [2.24, 2.45) is 0 Å². The molecule has 0 saturated carbocycles. The van der Waals surface area contributed by atoms with Gasteiger partial charge in [-0.3, -0.25) is 4.98 Å². The number of furan rings is 1. The van der Waals surface area contributed by atoms with Crippen molar-refractivity contribution in [2.75, 3.05) is 0 Å². The lowest BCUT2D eigenvalue weighted by atomic mass is 10.1. The first kappa shape index (κ1) is 12.9. The second-order valence-electron chi connectivity index (χ2n) is 5.01. The number of hydrogen-bond donors (Lipinski definition) is 1. The maximum absolute atomic E-state index is 5.77. The summed E-state index contributed by atoms with van der Waals surface area (Å²) in [6.07, 6.45) is 0. The summed E-state index contributed by atoms with van der Waals surface area (Å²) in [5.41, 5.74) is 4.30. The van der Waals surface area contributed by atoms with Gasteiger partial charge in [0.1, 0.15) is 11.3 Å². The van der Waals surface area contributed by atoms with Gasteiger partial charge in [-0.05, 0) is 32.0 Å². The molecule has 2 heterocycles. The summed E-state index contributed by atoms with van der Waals surface area (Å²) in [5, 5.41) is 4.63. The molecule has 1 N–H and O–H groups in total. The van der Waals surface area contributed by atoms with Gasteiger partial charge in [0.2, 0.25) is 0 Å². The van der Waals surface area contributed by atoms with Crippen LogP contribution in [0.15, 0.2) is 46.9 Å². The molecule has 3 heteroatoms. The first-order valence-corrected chi connectivity index (χ1v) is 6.84. The number of aryl methyl sites for hydroxylation is 2. The van der Waals surface area contributed by atoms with E-state index in [0.717, 1.165) is 35.8 Å². The molecular formula is C17H18N2O. The normalized spacial score (nSPS) is 11.1. The van der Waals surface area contributed by atoms with Crippen molar-refractivity contribution in [1.82, 2.24) is 10.3 Å². The van der Waals surface area contributed by atoms with E-state index in [9.17, 15) is 0 Å². The average Bonchev–Trinajstić information content (AvgIpc) is 2.75. The van der Waals surface area contributed by atoms with Crippen LogP contribution in [0.5, 0.6) is 0 Å². The number of benzene rings is 1. The van der Waals surface area contributed by atoms with E-state index in [1.807, 2.05) is 50.2 Å². The van der Waals surface area contributed by atoms with E-state index in [1.54, 1.807) is 0 Å². The second kappa shape index (κ2) is 5.47. The largest absolute Gasteiger partial charge is 0.461 e. The van der Waals surface area contributed by atoms with Crippen molar-refractivity contribution < 1.29 is 4.42 Å². The molecule has 3 aromatic rings. The van der Waals surface area contributed by atoms with Gasteiger partial charge in [-0.2, -0.15) is 0 Å². The van der Waals surface area contributed by atoms with Crippen molar-refractivity contribution in [3.8, 4) is 0 Å². The van der Waals surface area contributed by atoms with Crippen LogP contribution in [0.3, 0.4) is 0 Å². The van der Waals surface area contributed by atoms with Crippen LogP contribution >= 0.6 is 0 Å². The van der Waals surface area contributed by atoms with E-state index >= 15 is 0 Å². The van der Waals surface area contributed by atoms with E-state index in [-0.39, 0.29) is 0 Å². The van der Waals surface area contributed by atoms with Crippen LogP contribution in [0.2, 0.25) is 0 Å². The van der Waals surface area contributed by atoms with E-state index in [0.29, 0.717) is 0 Å². The van der Waals surface area contributed by atoms with E-state index in [2.05, 4.69) is 16.4 Å². The number of rotatable bonds is 4. The molecule has 0 aliphatic carbocycles. The van der Waals surface area contributed by atoms with Gasteiger partial charge in [0.05, 0.1) is 5.69 Å². The molecule has 0 fully saturated rings. The third kappa shape index (κ3) is 2.58. The van der Waals surface area contributed by atoms with Gasteiger partial charge in [0, 0.05) is 29.7 Å². The highest BCUT2D eigenvalue weighted by atomic mass is 16.3. The third-order valence-electron chi connectivity index (χ3n) is 3.45. The van der Waals surface area contributed by atoms with Crippen molar-refractivity contribution >= 4 is 11.0 Å². The topological polar surface area (TPSA) is 38.1 Å². The zero-order valence-electron chi connectivity index (χ0n) is 11.8. The highest BCUT2D eigenvalue weighted by molar-refractivity contribution is 5.82. The number of nitrogens with one attached hydrogen (secondary N) is 1. The molecule has 3 nitrogen and oxygen atoms in total. The lowest BCUT2D eigenvalue weighted by Crippen LogP contribution is -2.14. The van der Waals surface area contributed by atoms with Crippen LogP contribution in [0.25, 0.3) is 11.0 Å². The van der Waals surface area contributed by atoms with Gasteiger partial charge in [-0.25, -0.2) is 0 Å². The predicted molar refractivity (Wildman–Crippen MR) is 80.5 cm³/mol. The number of aromatic nitrogens is 1. The summed E-state index contributed by atoms with van der Waals surface area (Å²) >= 11 is 0. The Morgan fingerprint density at radius 1 is 1.00 bits per heavy atom. The lowest BCUT2D eigenvalue weighted by Gasteiger charge is -2.05. The molecule has 20 heavy (non-hydrogen) atoms. The minimum Gasteiger partial charge on any atom is -0.461 e.